The van der Waals surface area contributed by atoms with E-state index in [0.717, 1.165) is 66.7 Å². The summed E-state index contributed by atoms with van der Waals surface area (Å²) in [4.78, 5) is 53.1. The standard InChI is InChI=1S/C13H8N2O3S.C13H11NOS.C7H7NOS.C6H9NS/c16-13-9-6-11(8-4-2-1-3-5-8)19-12(9)10(7-14-13)15(17)18;15-13-10-8-12(9-4-2-1-3-5-9)16-11(10)6-7-14-13;9-7-5-2-4-10-6(5)1-3-8-7;7-4-3-6-2-1-5-8-6/h1-7H,(H,14,16);1-5,8H,6-7H2,(H,14,15);2,4H,1,3H2,(H,8,9);1-2,5H,3-4,7H2. The number of hydrogen-bond acceptors (Lipinski definition) is 10. The Morgan fingerprint density at radius 3 is 1.94 bits per heavy atom. The summed E-state index contributed by atoms with van der Waals surface area (Å²) >= 11 is 6.42. The summed E-state index contributed by atoms with van der Waals surface area (Å²) in [5, 5.41) is 21.0. The van der Waals surface area contributed by atoms with Crippen molar-refractivity contribution in [2.24, 2.45) is 5.73 Å². The minimum absolute atomic E-state index is 0.0678. The Bertz CT molecular complexity index is 2360. The molecule has 7 aromatic rings. The first-order chi connectivity index (χ1) is 25.8. The van der Waals surface area contributed by atoms with Crippen molar-refractivity contribution in [3.8, 4) is 20.9 Å². The van der Waals surface area contributed by atoms with Crippen LogP contribution in [-0.4, -0.2) is 41.4 Å². The zero-order valence-corrected chi connectivity index (χ0v) is 31.6. The third kappa shape index (κ3) is 9.41. The van der Waals surface area contributed by atoms with Crippen molar-refractivity contribution in [2.75, 3.05) is 19.6 Å². The lowest BCUT2D eigenvalue weighted by molar-refractivity contribution is -0.383. The second-order valence-corrected chi connectivity index (χ2v) is 15.9. The van der Waals surface area contributed by atoms with E-state index in [-0.39, 0.29) is 23.1 Å². The number of nitrogens with zero attached hydrogens (tertiary/aromatic N) is 1. The van der Waals surface area contributed by atoms with Crippen LogP contribution in [-0.2, 0) is 19.3 Å². The van der Waals surface area contributed by atoms with Crippen molar-refractivity contribution in [1.29, 1.82) is 0 Å². The number of carbonyl (C=O) groups excluding carboxylic acids is 2. The fourth-order valence-electron chi connectivity index (χ4n) is 5.56. The third-order valence-corrected chi connectivity index (χ3v) is 12.5. The third-order valence-electron chi connectivity index (χ3n) is 8.15. The second kappa shape index (κ2) is 18.0. The van der Waals surface area contributed by atoms with Gasteiger partial charge < -0.3 is 21.4 Å². The highest BCUT2D eigenvalue weighted by molar-refractivity contribution is 7.22. The van der Waals surface area contributed by atoms with Gasteiger partial charge in [-0.15, -0.1) is 45.3 Å². The van der Waals surface area contributed by atoms with Crippen LogP contribution >= 0.6 is 45.3 Å². The predicted molar refractivity (Wildman–Crippen MR) is 218 cm³/mol. The number of rotatable bonds is 5. The molecule has 2 aliphatic rings. The van der Waals surface area contributed by atoms with Crippen molar-refractivity contribution >= 4 is 72.9 Å². The molecule has 0 fully saturated rings. The van der Waals surface area contributed by atoms with Crippen LogP contribution in [0.3, 0.4) is 0 Å². The Hall–Kier alpha value is -5.25. The van der Waals surface area contributed by atoms with E-state index in [4.69, 9.17) is 5.73 Å². The van der Waals surface area contributed by atoms with Gasteiger partial charge in [0.05, 0.1) is 27.6 Å². The minimum atomic E-state index is -0.483. The van der Waals surface area contributed by atoms with E-state index in [2.05, 4.69) is 45.3 Å². The van der Waals surface area contributed by atoms with Gasteiger partial charge in [0, 0.05) is 37.5 Å². The van der Waals surface area contributed by atoms with Crippen molar-refractivity contribution in [2.45, 2.75) is 19.3 Å². The molecule has 10 nitrogen and oxygen atoms in total. The van der Waals surface area contributed by atoms with Crippen LogP contribution in [0.1, 0.15) is 35.3 Å². The molecule has 0 bridgehead atoms. The number of amides is 2. The van der Waals surface area contributed by atoms with Crippen LogP contribution in [0.4, 0.5) is 5.69 Å². The summed E-state index contributed by atoms with van der Waals surface area (Å²) in [5.74, 6) is 0.155. The van der Waals surface area contributed by atoms with E-state index in [1.807, 2.05) is 66.0 Å². The number of fused-ring (bicyclic) bond motifs is 3. The largest absolute Gasteiger partial charge is 0.352 e. The van der Waals surface area contributed by atoms with Crippen LogP contribution in [0, 0.1) is 10.1 Å². The Balaban J connectivity index is 0.000000127. The van der Waals surface area contributed by atoms with Crippen LogP contribution in [0.2, 0.25) is 0 Å². The van der Waals surface area contributed by atoms with Crippen LogP contribution in [0.15, 0.2) is 113 Å². The lowest BCUT2D eigenvalue weighted by atomic mass is 10.1. The molecule has 5 N–H and O–H groups in total. The van der Waals surface area contributed by atoms with Gasteiger partial charge in [0.1, 0.15) is 4.70 Å². The molecule has 53 heavy (non-hydrogen) atoms. The minimum Gasteiger partial charge on any atom is -0.352 e. The number of nitro groups is 1. The molecule has 0 aliphatic carbocycles. The lowest BCUT2D eigenvalue weighted by Gasteiger charge is -2.10. The molecule has 9 rings (SSSR count). The number of benzene rings is 2. The fourth-order valence-corrected chi connectivity index (χ4v) is 9.47. The number of thiophene rings is 4. The van der Waals surface area contributed by atoms with Gasteiger partial charge in [0.2, 0.25) is 0 Å². The quantitative estimate of drug-likeness (QED) is 0.102. The number of aromatic amines is 1. The highest BCUT2D eigenvalue weighted by atomic mass is 32.1. The first-order valence-electron chi connectivity index (χ1n) is 16.7. The smallest absolute Gasteiger partial charge is 0.303 e. The number of pyridine rings is 1. The molecule has 0 saturated carbocycles. The second-order valence-electron chi connectivity index (χ2n) is 11.7. The number of hydrogen-bond donors (Lipinski definition) is 4. The summed E-state index contributed by atoms with van der Waals surface area (Å²) in [6, 6.07) is 29.4. The van der Waals surface area contributed by atoms with E-state index in [1.165, 1.54) is 36.4 Å². The Kier molecular flexibility index (Phi) is 12.7. The number of aromatic nitrogens is 1. The van der Waals surface area contributed by atoms with Crippen molar-refractivity contribution in [3.63, 3.8) is 0 Å². The summed E-state index contributed by atoms with van der Waals surface area (Å²) in [6.07, 6.45) is 4.13. The van der Waals surface area contributed by atoms with Gasteiger partial charge in [-0.3, -0.25) is 24.5 Å². The van der Waals surface area contributed by atoms with Gasteiger partial charge in [-0.25, -0.2) is 0 Å². The molecule has 0 saturated heterocycles. The average Bonchev–Trinajstić information content (AvgIpc) is 4.01. The van der Waals surface area contributed by atoms with E-state index < -0.39 is 4.92 Å². The Labute approximate surface area is 321 Å². The predicted octanol–water partition coefficient (Wildman–Crippen LogP) is 8.15. The molecule has 0 radical (unpaired) electrons. The maximum atomic E-state index is 11.7. The molecule has 0 unspecified atom stereocenters. The number of H-pyrrole nitrogens is 1. The maximum Gasteiger partial charge on any atom is 0.303 e. The zero-order chi connectivity index (χ0) is 37.2. The number of carbonyl (C=O) groups is 2. The van der Waals surface area contributed by atoms with E-state index in [0.29, 0.717) is 10.1 Å². The molecule has 2 aromatic carbocycles. The van der Waals surface area contributed by atoms with Crippen LogP contribution in [0.25, 0.3) is 31.0 Å². The fraction of sp³-hybridized carbons (Fsp3) is 0.154. The van der Waals surface area contributed by atoms with Crippen LogP contribution < -0.4 is 21.9 Å². The highest BCUT2D eigenvalue weighted by Gasteiger charge is 2.21. The lowest BCUT2D eigenvalue weighted by Crippen LogP contribution is -2.30. The van der Waals surface area contributed by atoms with E-state index in [1.54, 1.807) is 40.1 Å². The average molecular weight is 782 g/mol. The molecule has 7 heterocycles. The first kappa shape index (κ1) is 37.5. The molecule has 2 aliphatic heterocycles. The normalized spacial score (nSPS) is 12.7. The molecule has 270 valence electrons. The van der Waals surface area contributed by atoms with Gasteiger partial charge in [-0.2, -0.15) is 0 Å². The molecular weight excluding hydrogens is 747 g/mol. The zero-order valence-electron chi connectivity index (χ0n) is 28.3. The van der Waals surface area contributed by atoms with Gasteiger partial charge in [-0.05, 0) is 72.0 Å². The van der Waals surface area contributed by atoms with E-state index >= 15 is 0 Å². The topological polar surface area (TPSA) is 160 Å². The SMILES string of the molecule is NCCc1cccs1.O=C1NCCc2sc(-c3ccccc3)cc21.O=C1NCCc2sccc21.O=c1[nH]cc([N+](=O)[O-])c2sc(-c3ccccc3)cc12. The van der Waals surface area contributed by atoms with Gasteiger partial charge in [-0.1, -0.05) is 66.7 Å². The summed E-state index contributed by atoms with van der Waals surface area (Å²) < 4.78 is 0.410. The molecule has 5 aromatic heterocycles. The monoisotopic (exact) mass is 781 g/mol. The highest BCUT2D eigenvalue weighted by Crippen LogP contribution is 2.36. The maximum absolute atomic E-state index is 11.7. The molecule has 0 atom stereocenters. The number of nitrogens with one attached hydrogen (secondary N) is 3. The molecule has 2 amide bonds. The van der Waals surface area contributed by atoms with Crippen molar-refractivity contribution in [3.05, 3.63) is 154 Å². The Morgan fingerprint density at radius 1 is 0.717 bits per heavy atom. The Morgan fingerprint density at radius 2 is 1.36 bits per heavy atom. The van der Waals surface area contributed by atoms with E-state index in [9.17, 15) is 24.5 Å². The first-order valence-corrected chi connectivity index (χ1v) is 20.1. The summed E-state index contributed by atoms with van der Waals surface area (Å²) in [6.45, 7) is 2.33. The van der Waals surface area contributed by atoms with Crippen LogP contribution in [0.5, 0.6) is 0 Å². The molecule has 14 heteroatoms. The summed E-state index contributed by atoms with van der Waals surface area (Å²) in [5.41, 5.74) is 8.81. The number of nitrogens with two attached hydrogens (primary N) is 1. The molecule has 0 spiro atoms. The molecular formula is C39H35N5O5S4. The van der Waals surface area contributed by atoms with Gasteiger partial charge >= 0.3 is 5.69 Å². The van der Waals surface area contributed by atoms with Gasteiger partial charge in [0.25, 0.3) is 17.4 Å². The van der Waals surface area contributed by atoms with Crippen molar-refractivity contribution in [1.82, 2.24) is 15.6 Å². The summed E-state index contributed by atoms with van der Waals surface area (Å²) in [7, 11) is 0. The van der Waals surface area contributed by atoms with Crippen molar-refractivity contribution < 1.29 is 14.5 Å². The van der Waals surface area contributed by atoms with Gasteiger partial charge in [0.15, 0.2) is 0 Å².